The van der Waals surface area contributed by atoms with Crippen molar-refractivity contribution >= 4 is 20.9 Å². The predicted molar refractivity (Wildman–Crippen MR) is 84.4 cm³/mol. The molecule has 0 spiro atoms. The molecular formula is C15H12FN3O4S. The number of fused-ring (bicyclic) bond motifs is 1. The molecule has 0 aliphatic rings. The Morgan fingerprint density at radius 2 is 2.00 bits per heavy atom. The van der Waals surface area contributed by atoms with E-state index in [1.54, 1.807) is 0 Å². The molecule has 0 aliphatic heterocycles. The van der Waals surface area contributed by atoms with Crippen molar-refractivity contribution in [3.05, 3.63) is 52.7 Å². The van der Waals surface area contributed by atoms with Crippen molar-refractivity contribution < 1.29 is 17.5 Å². The molecule has 0 saturated carbocycles. The van der Waals surface area contributed by atoms with E-state index in [0.717, 1.165) is 16.9 Å². The minimum Gasteiger partial charge on any atom is -0.451 e. The lowest BCUT2D eigenvalue weighted by Gasteiger charge is -2.10. The minimum absolute atomic E-state index is 0.0497. The van der Waals surface area contributed by atoms with Crippen LogP contribution in [0.2, 0.25) is 0 Å². The number of aryl methyl sites for hydroxylation is 1. The van der Waals surface area contributed by atoms with Crippen LogP contribution in [-0.4, -0.2) is 29.2 Å². The molecule has 1 aromatic carbocycles. The number of sulfone groups is 1. The fourth-order valence-corrected chi connectivity index (χ4v) is 2.61. The van der Waals surface area contributed by atoms with E-state index in [1.807, 2.05) is 0 Å². The van der Waals surface area contributed by atoms with Gasteiger partial charge in [-0.05, 0) is 18.2 Å². The van der Waals surface area contributed by atoms with Gasteiger partial charge in [-0.2, -0.15) is 4.98 Å². The first-order valence-corrected chi connectivity index (χ1v) is 8.65. The van der Waals surface area contributed by atoms with E-state index < -0.39 is 21.2 Å². The summed E-state index contributed by atoms with van der Waals surface area (Å²) in [5.74, 6) is -0.377. The number of hydrogen-bond donors (Lipinski definition) is 0. The Morgan fingerprint density at radius 1 is 1.25 bits per heavy atom. The van der Waals surface area contributed by atoms with Gasteiger partial charge in [0.1, 0.15) is 17.2 Å². The summed E-state index contributed by atoms with van der Waals surface area (Å²) in [6.45, 7) is 0. The van der Waals surface area contributed by atoms with E-state index >= 15 is 0 Å². The van der Waals surface area contributed by atoms with Gasteiger partial charge in [0.2, 0.25) is 15.0 Å². The van der Waals surface area contributed by atoms with E-state index in [1.165, 1.54) is 37.5 Å². The largest absolute Gasteiger partial charge is 0.451 e. The molecule has 124 valence electrons. The Bertz CT molecular complexity index is 1110. The van der Waals surface area contributed by atoms with E-state index in [-0.39, 0.29) is 22.3 Å². The molecule has 3 aromatic rings. The van der Waals surface area contributed by atoms with Crippen LogP contribution >= 0.6 is 0 Å². The Morgan fingerprint density at radius 3 is 2.67 bits per heavy atom. The van der Waals surface area contributed by atoms with Crippen molar-refractivity contribution in [2.75, 3.05) is 6.26 Å². The summed E-state index contributed by atoms with van der Waals surface area (Å²) in [4.78, 5) is 20.1. The van der Waals surface area contributed by atoms with Crippen LogP contribution in [-0.2, 0) is 16.9 Å². The highest BCUT2D eigenvalue weighted by Crippen LogP contribution is 2.22. The summed E-state index contributed by atoms with van der Waals surface area (Å²) in [5.41, 5.74) is -0.382. The third-order valence-corrected chi connectivity index (χ3v) is 4.11. The van der Waals surface area contributed by atoms with Gasteiger partial charge in [-0.3, -0.25) is 9.36 Å². The number of aromatic nitrogens is 3. The number of hydrogen-bond acceptors (Lipinski definition) is 6. The lowest BCUT2D eigenvalue weighted by molar-refractivity contribution is 0.466. The minimum atomic E-state index is -3.60. The number of nitrogens with zero attached hydrogens (tertiary/aromatic N) is 3. The highest BCUT2D eigenvalue weighted by molar-refractivity contribution is 7.90. The molecule has 0 unspecified atom stereocenters. The van der Waals surface area contributed by atoms with Crippen molar-refractivity contribution in [1.29, 1.82) is 0 Å². The number of rotatable bonds is 3. The van der Waals surface area contributed by atoms with Gasteiger partial charge in [0.15, 0.2) is 5.75 Å². The molecule has 0 radical (unpaired) electrons. The molecule has 9 heteroatoms. The van der Waals surface area contributed by atoms with Crippen LogP contribution < -0.4 is 10.3 Å². The van der Waals surface area contributed by atoms with Gasteiger partial charge in [0.05, 0.1) is 0 Å². The zero-order chi connectivity index (χ0) is 17.5. The smallest absolute Gasteiger partial charge is 0.294 e. The Balaban J connectivity index is 2.15. The molecule has 0 saturated heterocycles. The van der Waals surface area contributed by atoms with E-state index in [9.17, 15) is 17.6 Å². The standard InChI is InChI=1S/C15H12FN3O4S/c1-19-13-9(8-17-15(18-13)24(2,21)22)6-12(14(19)20)23-11-5-3-4-10(16)7-11/h3-8H,1-2H3. The molecule has 0 N–H and O–H groups in total. The summed E-state index contributed by atoms with van der Waals surface area (Å²) in [5, 5.41) is 0.0414. The molecule has 0 atom stereocenters. The summed E-state index contributed by atoms with van der Waals surface area (Å²) >= 11 is 0. The first kappa shape index (κ1) is 16.1. The van der Waals surface area contributed by atoms with Crippen LogP contribution in [0.15, 0.2) is 46.5 Å². The van der Waals surface area contributed by atoms with Gasteiger partial charge >= 0.3 is 0 Å². The zero-order valence-electron chi connectivity index (χ0n) is 12.7. The second-order valence-corrected chi connectivity index (χ2v) is 7.05. The van der Waals surface area contributed by atoms with E-state index in [2.05, 4.69) is 9.97 Å². The van der Waals surface area contributed by atoms with Gasteiger partial charge in [0.25, 0.3) is 5.56 Å². The number of benzene rings is 1. The second-order valence-electron chi connectivity index (χ2n) is 5.14. The Labute approximate surface area is 136 Å². The maximum Gasteiger partial charge on any atom is 0.294 e. The van der Waals surface area contributed by atoms with Crippen LogP contribution in [0.5, 0.6) is 11.5 Å². The van der Waals surface area contributed by atoms with Crippen molar-refractivity contribution in [3.8, 4) is 11.5 Å². The molecule has 24 heavy (non-hydrogen) atoms. The summed E-state index contributed by atoms with van der Waals surface area (Å²) in [6, 6.07) is 6.75. The summed E-state index contributed by atoms with van der Waals surface area (Å²) in [7, 11) is -2.17. The lowest BCUT2D eigenvalue weighted by atomic mass is 10.3. The second kappa shape index (κ2) is 5.68. The topological polar surface area (TPSA) is 91.2 Å². The highest BCUT2D eigenvalue weighted by Gasteiger charge is 2.15. The molecule has 2 aromatic heterocycles. The van der Waals surface area contributed by atoms with Crippen LogP contribution in [0, 0.1) is 5.82 Å². The van der Waals surface area contributed by atoms with E-state index in [4.69, 9.17) is 4.74 Å². The van der Waals surface area contributed by atoms with Crippen LogP contribution in [0.1, 0.15) is 0 Å². The van der Waals surface area contributed by atoms with Gasteiger partial charge in [-0.15, -0.1) is 0 Å². The quantitative estimate of drug-likeness (QED) is 0.668. The van der Waals surface area contributed by atoms with Crippen molar-refractivity contribution in [2.24, 2.45) is 7.05 Å². The van der Waals surface area contributed by atoms with E-state index in [0.29, 0.717) is 5.39 Å². The molecule has 0 bridgehead atoms. The van der Waals surface area contributed by atoms with Crippen molar-refractivity contribution in [3.63, 3.8) is 0 Å². The molecule has 2 heterocycles. The average Bonchev–Trinajstić information content (AvgIpc) is 2.51. The highest BCUT2D eigenvalue weighted by atomic mass is 32.2. The molecule has 0 amide bonds. The normalized spacial score (nSPS) is 11.6. The van der Waals surface area contributed by atoms with Crippen LogP contribution in [0.4, 0.5) is 4.39 Å². The number of ether oxygens (including phenoxy) is 1. The summed E-state index contributed by atoms with van der Waals surface area (Å²) < 4.78 is 42.9. The monoisotopic (exact) mass is 349 g/mol. The molecule has 7 nitrogen and oxygen atoms in total. The molecule has 0 aliphatic carbocycles. The lowest BCUT2D eigenvalue weighted by Crippen LogP contribution is -2.20. The Hall–Kier alpha value is -2.81. The Kier molecular flexibility index (Phi) is 3.80. The first-order chi connectivity index (χ1) is 11.3. The number of halogens is 1. The van der Waals surface area contributed by atoms with Gasteiger partial charge in [-0.1, -0.05) is 6.07 Å². The third kappa shape index (κ3) is 2.98. The van der Waals surface area contributed by atoms with Crippen molar-refractivity contribution in [1.82, 2.24) is 14.5 Å². The summed E-state index contributed by atoms with van der Waals surface area (Å²) in [6.07, 6.45) is 2.27. The van der Waals surface area contributed by atoms with Crippen LogP contribution in [0.25, 0.3) is 11.0 Å². The average molecular weight is 349 g/mol. The molecule has 0 fully saturated rings. The van der Waals surface area contributed by atoms with Crippen LogP contribution in [0.3, 0.4) is 0 Å². The molecular weight excluding hydrogens is 337 g/mol. The SMILES string of the molecule is Cn1c(=O)c(Oc2cccc(F)c2)cc2cnc(S(C)(=O)=O)nc21. The fraction of sp³-hybridized carbons (Fsp3) is 0.133. The predicted octanol–water partition coefficient (Wildman–Crippen LogP) is 1.66. The number of pyridine rings is 1. The maximum absolute atomic E-state index is 13.2. The first-order valence-electron chi connectivity index (χ1n) is 6.76. The van der Waals surface area contributed by atoms with Gasteiger partial charge in [0, 0.05) is 31.0 Å². The van der Waals surface area contributed by atoms with Gasteiger partial charge < -0.3 is 4.74 Å². The fourth-order valence-electron chi connectivity index (χ4n) is 2.11. The third-order valence-electron chi connectivity index (χ3n) is 3.25. The molecule has 3 rings (SSSR count). The van der Waals surface area contributed by atoms with Crippen molar-refractivity contribution in [2.45, 2.75) is 5.16 Å². The zero-order valence-corrected chi connectivity index (χ0v) is 13.5. The maximum atomic E-state index is 13.2. The van der Waals surface area contributed by atoms with Gasteiger partial charge in [-0.25, -0.2) is 17.8 Å².